The fourth-order valence-electron chi connectivity index (χ4n) is 2.05. The molecule has 6 nitrogen and oxygen atoms in total. The van der Waals surface area contributed by atoms with Crippen molar-refractivity contribution in [3.63, 3.8) is 0 Å². The SMILES string of the molecule is Nc1nc(N)nc(CSc2ccc(O)c3ccccc23)n1. The van der Waals surface area contributed by atoms with E-state index in [1.807, 2.05) is 30.3 Å². The van der Waals surface area contributed by atoms with Gasteiger partial charge < -0.3 is 16.6 Å². The molecule has 0 bridgehead atoms. The molecule has 0 spiro atoms. The van der Waals surface area contributed by atoms with Gasteiger partial charge in [-0.15, -0.1) is 11.8 Å². The summed E-state index contributed by atoms with van der Waals surface area (Å²) in [7, 11) is 0. The molecule has 21 heavy (non-hydrogen) atoms. The highest BCUT2D eigenvalue weighted by atomic mass is 32.2. The molecular formula is C14H13N5OS. The number of rotatable bonds is 3. The molecule has 7 heteroatoms. The summed E-state index contributed by atoms with van der Waals surface area (Å²) < 4.78 is 0. The molecule has 0 fully saturated rings. The third-order valence-corrected chi connectivity index (χ3v) is 4.00. The molecule has 0 saturated carbocycles. The van der Waals surface area contributed by atoms with Gasteiger partial charge in [0.15, 0.2) is 0 Å². The Bertz CT molecular complexity index is 788. The number of thioether (sulfide) groups is 1. The number of hydrogen-bond donors (Lipinski definition) is 3. The molecule has 106 valence electrons. The Balaban J connectivity index is 1.90. The van der Waals surface area contributed by atoms with Crippen molar-refractivity contribution in [3.8, 4) is 5.75 Å². The van der Waals surface area contributed by atoms with Crippen LogP contribution in [0, 0.1) is 0 Å². The van der Waals surface area contributed by atoms with Crippen LogP contribution in [0.3, 0.4) is 0 Å². The summed E-state index contributed by atoms with van der Waals surface area (Å²) in [6, 6.07) is 11.2. The molecule has 2 aromatic carbocycles. The second-order valence-electron chi connectivity index (χ2n) is 4.39. The first-order valence-corrected chi connectivity index (χ1v) is 7.21. The highest BCUT2D eigenvalue weighted by Crippen LogP contribution is 2.34. The number of aromatic hydroxyl groups is 1. The molecule has 0 amide bonds. The maximum Gasteiger partial charge on any atom is 0.225 e. The lowest BCUT2D eigenvalue weighted by molar-refractivity contribution is 0.481. The number of nitrogen functional groups attached to an aromatic ring is 2. The molecule has 0 radical (unpaired) electrons. The van der Waals surface area contributed by atoms with Crippen LogP contribution in [0.25, 0.3) is 10.8 Å². The van der Waals surface area contributed by atoms with Crippen LogP contribution in [0.1, 0.15) is 5.82 Å². The van der Waals surface area contributed by atoms with Crippen molar-refractivity contribution >= 4 is 34.4 Å². The van der Waals surface area contributed by atoms with Gasteiger partial charge in [0.05, 0.1) is 5.75 Å². The first-order valence-electron chi connectivity index (χ1n) is 6.23. The normalized spacial score (nSPS) is 10.9. The second kappa shape index (κ2) is 5.45. The Hall–Kier alpha value is -2.54. The molecule has 0 atom stereocenters. The van der Waals surface area contributed by atoms with Crippen molar-refractivity contribution in [1.82, 2.24) is 15.0 Å². The molecule has 1 aromatic heterocycles. The first-order chi connectivity index (χ1) is 10.1. The fourth-order valence-corrected chi connectivity index (χ4v) is 2.96. The van der Waals surface area contributed by atoms with E-state index in [1.54, 1.807) is 17.8 Å². The molecule has 0 saturated heterocycles. The van der Waals surface area contributed by atoms with Crippen LogP contribution in [-0.4, -0.2) is 20.1 Å². The Labute approximate surface area is 125 Å². The molecule has 0 aliphatic rings. The Morgan fingerprint density at radius 2 is 1.57 bits per heavy atom. The number of phenols is 1. The Morgan fingerprint density at radius 1 is 0.905 bits per heavy atom. The summed E-state index contributed by atoms with van der Waals surface area (Å²) in [4.78, 5) is 12.9. The third-order valence-electron chi connectivity index (χ3n) is 2.93. The zero-order valence-electron chi connectivity index (χ0n) is 11.0. The monoisotopic (exact) mass is 299 g/mol. The van der Waals surface area contributed by atoms with Crippen LogP contribution < -0.4 is 11.5 Å². The van der Waals surface area contributed by atoms with Gasteiger partial charge in [0.25, 0.3) is 0 Å². The largest absolute Gasteiger partial charge is 0.507 e. The number of hydrogen-bond acceptors (Lipinski definition) is 7. The van der Waals surface area contributed by atoms with Gasteiger partial charge in [-0.05, 0) is 17.5 Å². The van der Waals surface area contributed by atoms with Gasteiger partial charge in [0.2, 0.25) is 11.9 Å². The summed E-state index contributed by atoms with van der Waals surface area (Å²) in [6.45, 7) is 0. The van der Waals surface area contributed by atoms with E-state index in [0.717, 1.165) is 15.7 Å². The number of anilines is 2. The quantitative estimate of drug-likeness (QED) is 0.635. The van der Waals surface area contributed by atoms with Crippen LogP contribution >= 0.6 is 11.8 Å². The van der Waals surface area contributed by atoms with Crippen molar-refractivity contribution in [2.75, 3.05) is 11.5 Å². The Morgan fingerprint density at radius 3 is 2.29 bits per heavy atom. The van der Waals surface area contributed by atoms with Crippen LogP contribution in [0.4, 0.5) is 11.9 Å². The topological polar surface area (TPSA) is 111 Å². The number of phenolic OH excluding ortho intramolecular Hbond substituents is 1. The van der Waals surface area contributed by atoms with Crippen molar-refractivity contribution in [1.29, 1.82) is 0 Å². The van der Waals surface area contributed by atoms with Gasteiger partial charge in [0.1, 0.15) is 11.6 Å². The maximum atomic E-state index is 9.88. The number of aromatic nitrogens is 3. The van der Waals surface area contributed by atoms with Gasteiger partial charge in [-0.25, -0.2) is 0 Å². The zero-order valence-corrected chi connectivity index (χ0v) is 11.8. The van der Waals surface area contributed by atoms with E-state index in [-0.39, 0.29) is 17.6 Å². The van der Waals surface area contributed by atoms with Crippen molar-refractivity contribution in [2.24, 2.45) is 0 Å². The molecule has 0 unspecified atom stereocenters. The summed E-state index contributed by atoms with van der Waals surface area (Å²) in [5.41, 5.74) is 11.1. The molecular weight excluding hydrogens is 286 g/mol. The Kier molecular flexibility index (Phi) is 3.49. The first kappa shape index (κ1) is 13.4. The van der Waals surface area contributed by atoms with Gasteiger partial charge in [0, 0.05) is 10.3 Å². The minimum atomic E-state index is 0.119. The summed E-state index contributed by atoms with van der Waals surface area (Å²) in [6.07, 6.45) is 0. The average Bonchev–Trinajstić information content (AvgIpc) is 2.46. The predicted molar refractivity (Wildman–Crippen MR) is 83.8 cm³/mol. The number of nitrogens with two attached hydrogens (primary N) is 2. The number of benzene rings is 2. The fraction of sp³-hybridized carbons (Fsp3) is 0.0714. The smallest absolute Gasteiger partial charge is 0.225 e. The van der Waals surface area contributed by atoms with E-state index in [4.69, 9.17) is 11.5 Å². The van der Waals surface area contributed by atoms with Crippen LogP contribution in [0.2, 0.25) is 0 Å². The molecule has 3 rings (SSSR count). The highest BCUT2D eigenvalue weighted by Gasteiger charge is 2.07. The van der Waals surface area contributed by atoms with Crippen molar-refractivity contribution < 1.29 is 5.11 Å². The summed E-state index contributed by atoms with van der Waals surface area (Å²) in [5.74, 6) is 1.55. The molecule has 0 aliphatic heterocycles. The summed E-state index contributed by atoms with van der Waals surface area (Å²) >= 11 is 1.55. The van der Waals surface area contributed by atoms with Gasteiger partial charge in [-0.2, -0.15) is 15.0 Å². The summed E-state index contributed by atoms with van der Waals surface area (Å²) in [5, 5.41) is 11.7. The van der Waals surface area contributed by atoms with E-state index in [1.165, 1.54) is 0 Å². The zero-order chi connectivity index (χ0) is 14.8. The van der Waals surface area contributed by atoms with E-state index >= 15 is 0 Å². The van der Waals surface area contributed by atoms with Crippen LogP contribution in [0.5, 0.6) is 5.75 Å². The van der Waals surface area contributed by atoms with E-state index in [0.29, 0.717) is 11.6 Å². The number of fused-ring (bicyclic) bond motifs is 1. The van der Waals surface area contributed by atoms with Crippen LogP contribution in [-0.2, 0) is 5.75 Å². The van der Waals surface area contributed by atoms with Gasteiger partial charge >= 0.3 is 0 Å². The maximum absolute atomic E-state index is 9.88. The third kappa shape index (κ3) is 2.82. The standard InChI is InChI=1S/C14H13N5OS/c15-13-17-12(18-14(16)19-13)7-21-11-6-5-10(20)8-3-1-2-4-9(8)11/h1-6,20H,7H2,(H4,15,16,17,18,19). The minimum absolute atomic E-state index is 0.119. The second-order valence-corrected chi connectivity index (χ2v) is 5.40. The van der Waals surface area contributed by atoms with Crippen molar-refractivity contribution in [2.45, 2.75) is 10.6 Å². The van der Waals surface area contributed by atoms with E-state index in [2.05, 4.69) is 15.0 Å². The van der Waals surface area contributed by atoms with E-state index < -0.39 is 0 Å². The lowest BCUT2D eigenvalue weighted by atomic mass is 10.1. The molecule has 3 aromatic rings. The van der Waals surface area contributed by atoms with Crippen LogP contribution in [0.15, 0.2) is 41.3 Å². The van der Waals surface area contributed by atoms with Gasteiger partial charge in [-0.3, -0.25) is 0 Å². The molecule has 0 aliphatic carbocycles. The average molecular weight is 299 g/mol. The predicted octanol–water partition coefficient (Wildman–Crippen LogP) is 2.19. The lowest BCUT2D eigenvalue weighted by Crippen LogP contribution is -2.05. The van der Waals surface area contributed by atoms with Crippen molar-refractivity contribution in [3.05, 3.63) is 42.2 Å². The molecule has 5 N–H and O–H groups in total. The van der Waals surface area contributed by atoms with Gasteiger partial charge in [-0.1, -0.05) is 24.3 Å². The highest BCUT2D eigenvalue weighted by molar-refractivity contribution is 7.98. The van der Waals surface area contributed by atoms with E-state index in [9.17, 15) is 5.11 Å². The number of nitrogens with zero attached hydrogens (tertiary/aromatic N) is 3. The minimum Gasteiger partial charge on any atom is -0.507 e. The molecule has 1 heterocycles. The lowest BCUT2D eigenvalue weighted by Gasteiger charge is -2.07.